The molecular formula is C21H26Cl2N2OS. The lowest BCUT2D eigenvalue weighted by Crippen LogP contribution is -2.38. The van der Waals surface area contributed by atoms with Gasteiger partial charge in [-0.1, -0.05) is 54.1 Å². The Balaban J connectivity index is 0.00000261. The third kappa shape index (κ3) is 7.04. The predicted octanol–water partition coefficient (Wildman–Crippen LogP) is 4.70. The van der Waals surface area contributed by atoms with Crippen LogP contribution in [-0.4, -0.2) is 31.3 Å². The molecule has 0 aliphatic carbocycles. The van der Waals surface area contributed by atoms with Gasteiger partial charge in [0.2, 0.25) is 5.91 Å². The zero-order chi connectivity index (χ0) is 18.2. The fraction of sp³-hybridized carbons (Fsp3) is 0.381. The summed E-state index contributed by atoms with van der Waals surface area (Å²) in [4.78, 5) is 12.3. The molecule has 0 aromatic heterocycles. The Morgan fingerprint density at radius 3 is 2.52 bits per heavy atom. The number of carbonyl (C=O) groups excluding carboxylic acids is 1. The molecule has 3 nitrogen and oxygen atoms in total. The first-order valence-corrected chi connectivity index (χ1v) is 10.5. The van der Waals surface area contributed by atoms with Crippen molar-refractivity contribution in [2.45, 2.75) is 18.1 Å². The van der Waals surface area contributed by atoms with Gasteiger partial charge in [0.15, 0.2) is 0 Å². The second-order valence-electron chi connectivity index (χ2n) is 6.67. The summed E-state index contributed by atoms with van der Waals surface area (Å²) in [6, 6.07) is 18.2. The van der Waals surface area contributed by atoms with Crippen LogP contribution in [0.2, 0.25) is 5.02 Å². The van der Waals surface area contributed by atoms with Crippen molar-refractivity contribution in [3.63, 3.8) is 0 Å². The molecule has 1 heterocycles. The summed E-state index contributed by atoms with van der Waals surface area (Å²) >= 11 is 7.69. The smallest absolute Gasteiger partial charge is 0.230 e. The Kier molecular flexibility index (Phi) is 9.49. The van der Waals surface area contributed by atoms with Gasteiger partial charge < -0.3 is 10.6 Å². The molecule has 1 saturated heterocycles. The first-order chi connectivity index (χ1) is 12.7. The van der Waals surface area contributed by atoms with E-state index in [4.69, 9.17) is 11.6 Å². The number of hydrogen-bond donors (Lipinski definition) is 2. The summed E-state index contributed by atoms with van der Waals surface area (Å²) in [5.74, 6) is 1.11. The Bertz CT molecular complexity index is 691. The van der Waals surface area contributed by atoms with Crippen LogP contribution in [0.25, 0.3) is 0 Å². The van der Waals surface area contributed by atoms with Crippen molar-refractivity contribution in [1.82, 2.24) is 10.6 Å². The minimum absolute atomic E-state index is 0. The molecule has 27 heavy (non-hydrogen) atoms. The third-order valence-electron chi connectivity index (χ3n) is 4.64. The van der Waals surface area contributed by atoms with Gasteiger partial charge in [-0.2, -0.15) is 0 Å². The normalized spacial score (nSPS) is 17.6. The molecule has 0 bridgehead atoms. The van der Waals surface area contributed by atoms with Crippen LogP contribution in [0.3, 0.4) is 0 Å². The number of thioether (sulfide) groups is 1. The van der Waals surface area contributed by atoms with Gasteiger partial charge in [0.05, 0.1) is 11.0 Å². The Hall–Kier alpha value is -1.20. The molecule has 2 aromatic carbocycles. The molecule has 2 aromatic rings. The minimum atomic E-state index is 0. The predicted molar refractivity (Wildman–Crippen MR) is 118 cm³/mol. The number of rotatable bonds is 7. The van der Waals surface area contributed by atoms with E-state index in [0.29, 0.717) is 11.7 Å². The summed E-state index contributed by atoms with van der Waals surface area (Å²) in [5, 5.41) is 7.34. The number of amides is 1. The number of benzene rings is 2. The zero-order valence-corrected chi connectivity index (χ0v) is 17.6. The van der Waals surface area contributed by atoms with Gasteiger partial charge in [-0.15, -0.1) is 24.2 Å². The summed E-state index contributed by atoms with van der Waals surface area (Å²) in [5.41, 5.74) is 2.36. The van der Waals surface area contributed by atoms with Crippen LogP contribution in [0.1, 0.15) is 29.2 Å². The quantitative estimate of drug-likeness (QED) is 0.676. The van der Waals surface area contributed by atoms with Crippen LogP contribution in [0.5, 0.6) is 0 Å². The van der Waals surface area contributed by atoms with E-state index < -0.39 is 0 Å². The average Bonchev–Trinajstić information content (AvgIpc) is 2.69. The second-order valence-corrected chi connectivity index (χ2v) is 8.20. The fourth-order valence-electron chi connectivity index (χ4n) is 3.22. The average molecular weight is 425 g/mol. The molecule has 0 radical (unpaired) electrons. The Morgan fingerprint density at radius 2 is 1.85 bits per heavy atom. The van der Waals surface area contributed by atoms with E-state index >= 15 is 0 Å². The van der Waals surface area contributed by atoms with E-state index in [1.165, 1.54) is 18.4 Å². The minimum Gasteiger partial charge on any atom is -0.355 e. The van der Waals surface area contributed by atoms with E-state index in [0.717, 1.165) is 30.2 Å². The largest absolute Gasteiger partial charge is 0.355 e. The standard InChI is InChI=1S/C21H25ClN2OS.ClH/c22-19-10-8-18(9-11-19)21(17-6-2-1-3-7-17)26-15-20(25)24-14-16-5-4-12-23-13-16;/h1-3,6-11,16,21,23H,4-5,12-15H2,(H,24,25);1H. The van der Waals surface area contributed by atoms with Crippen molar-refractivity contribution in [2.75, 3.05) is 25.4 Å². The van der Waals surface area contributed by atoms with Crippen molar-refractivity contribution in [2.24, 2.45) is 5.92 Å². The highest BCUT2D eigenvalue weighted by Crippen LogP contribution is 2.35. The molecule has 1 aliphatic rings. The highest BCUT2D eigenvalue weighted by molar-refractivity contribution is 8.00. The number of nitrogens with one attached hydrogen (secondary N) is 2. The lowest BCUT2D eigenvalue weighted by molar-refractivity contribution is -0.118. The van der Waals surface area contributed by atoms with Crippen LogP contribution in [-0.2, 0) is 4.79 Å². The molecule has 146 valence electrons. The molecule has 2 atom stereocenters. The van der Waals surface area contributed by atoms with E-state index in [2.05, 4.69) is 22.8 Å². The Labute approximate surface area is 177 Å². The summed E-state index contributed by atoms with van der Waals surface area (Å²) in [6.07, 6.45) is 2.39. The third-order valence-corrected chi connectivity index (χ3v) is 6.20. The van der Waals surface area contributed by atoms with Crippen molar-refractivity contribution in [3.05, 3.63) is 70.7 Å². The van der Waals surface area contributed by atoms with Crippen molar-refractivity contribution >= 4 is 41.7 Å². The summed E-state index contributed by atoms with van der Waals surface area (Å²) in [7, 11) is 0. The van der Waals surface area contributed by atoms with Crippen molar-refractivity contribution in [1.29, 1.82) is 0 Å². The van der Waals surface area contributed by atoms with E-state index in [-0.39, 0.29) is 23.6 Å². The van der Waals surface area contributed by atoms with Gasteiger partial charge in [-0.3, -0.25) is 4.79 Å². The van der Waals surface area contributed by atoms with E-state index in [1.54, 1.807) is 11.8 Å². The summed E-state index contributed by atoms with van der Waals surface area (Å²) < 4.78 is 0. The van der Waals surface area contributed by atoms with Crippen LogP contribution in [0.15, 0.2) is 54.6 Å². The van der Waals surface area contributed by atoms with Crippen LogP contribution >= 0.6 is 35.8 Å². The number of piperidine rings is 1. The molecule has 2 N–H and O–H groups in total. The SMILES string of the molecule is Cl.O=C(CSC(c1ccccc1)c1ccc(Cl)cc1)NCC1CCCNC1. The van der Waals surface area contributed by atoms with E-state index in [1.807, 2.05) is 42.5 Å². The first-order valence-electron chi connectivity index (χ1n) is 9.12. The molecule has 1 amide bonds. The topological polar surface area (TPSA) is 41.1 Å². The maximum atomic E-state index is 12.3. The van der Waals surface area contributed by atoms with Gasteiger partial charge in [-0.05, 0) is 55.1 Å². The van der Waals surface area contributed by atoms with Gasteiger partial charge in [0, 0.05) is 11.6 Å². The van der Waals surface area contributed by atoms with Crippen LogP contribution in [0, 0.1) is 5.92 Å². The molecule has 1 fully saturated rings. The molecular weight excluding hydrogens is 399 g/mol. The van der Waals surface area contributed by atoms with Crippen LogP contribution in [0.4, 0.5) is 0 Å². The lowest BCUT2D eigenvalue weighted by Gasteiger charge is -2.23. The highest BCUT2D eigenvalue weighted by atomic mass is 35.5. The molecule has 0 spiro atoms. The number of hydrogen-bond acceptors (Lipinski definition) is 3. The van der Waals surface area contributed by atoms with Gasteiger partial charge in [-0.25, -0.2) is 0 Å². The first kappa shape index (κ1) is 22.1. The number of carbonyl (C=O) groups is 1. The maximum Gasteiger partial charge on any atom is 0.230 e. The Morgan fingerprint density at radius 1 is 1.15 bits per heavy atom. The van der Waals surface area contributed by atoms with Gasteiger partial charge in [0.25, 0.3) is 0 Å². The molecule has 0 saturated carbocycles. The van der Waals surface area contributed by atoms with Gasteiger partial charge >= 0.3 is 0 Å². The maximum absolute atomic E-state index is 12.3. The van der Waals surface area contributed by atoms with Gasteiger partial charge in [0.1, 0.15) is 0 Å². The second kappa shape index (κ2) is 11.6. The lowest BCUT2D eigenvalue weighted by atomic mass is 10.00. The monoisotopic (exact) mass is 424 g/mol. The fourth-order valence-corrected chi connectivity index (χ4v) is 4.46. The molecule has 6 heteroatoms. The molecule has 1 aliphatic heterocycles. The van der Waals surface area contributed by atoms with Crippen molar-refractivity contribution in [3.8, 4) is 0 Å². The zero-order valence-electron chi connectivity index (χ0n) is 15.2. The number of halogens is 2. The van der Waals surface area contributed by atoms with Crippen molar-refractivity contribution < 1.29 is 4.79 Å². The van der Waals surface area contributed by atoms with Crippen LogP contribution < -0.4 is 10.6 Å². The van der Waals surface area contributed by atoms with E-state index in [9.17, 15) is 4.79 Å². The highest BCUT2D eigenvalue weighted by Gasteiger charge is 2.18. The molecule has 3 rings (SSSR count). The molecule has 2 unspecified atom stereocenters. The summed E-state index contributed by atoms with van der Waals surface area (Å²) in [6.45, 7) is 2.87.